The molecule has 1 aliphatic carbocycles. The van der Waals surface area contributed by atoms with Gasteiger partial charge in [0.25, 0.3) is 0 Å². The van der Waals surface area contributed by atoms with Gasteiger partial charge < -0.3 is 4.79 Å². The molecule has 0 atom stereocenters. The highest BCUT2D eigenvalue weighted by molar-refractivity contribution is 5.60. The van der Waals surface area contributed by atoms with Crippen molar-refractivity contribution >= 4 is 6.29 Å². The minimum Gasteiger partial charge on any atom is -0.303 e. The number of hydrogen-bond acceptors (Lipinski definition) is 2. The molecule has 0 saturated heterocycles. The summed E-state index contributed by atoms with van der Waals surface area (Å²) < 4.78 is 0. The fourth-order valence-corrected chi connectivity index (χ4v) is 3.70. The smallest absolute Gasteiger partial charge is 0.127 e. The van der Waals surface area contributed by atoms with Crippen LogP contribution >= 0.6 is 0 Å². The zero-order chi connectivity index (χ0) is 13.1. The van der Waals surface area contributed by atoms with Gasteiger partial charge in [0, 0.05) is 25.0 Å². The molecule has 2 heteroatoms. The molecule has 1 heterocycles. The Kier molecular flexibility index (Phi) is 3.69. The van der Waals surface area contributed by atoms with Crippen molar-refractivity contribution in [3.8, 4) is 0 Å². The molecule has 1 aromatic carbocycles. The molecule has 0 radical (unpaired) electrons. The molecule has 0 amide bonds. The second-order valence-electron chi connectivity index (χ2n) is 6.27. The first-order valence-electron chi connectivity index (χ1n) is 7.57. The van der Waals surface area contributed by atoms with E-state index in [9.17, 15) is 4.79 Å². The van der Waals surface area contributed by atoms with Gasteiger partial charge in [-0.05, 0) is 30.4 Å². The summed E-state index contributed by atoms with van der Waals surface area (Å²) in [6.07, 6.45) is 8.33. The van der Waals surface area contributed by atoms with Crippen LogP contribution in [0.2, 0.25) is 0 Å². The standard InChI is InChI=1S/C17H23NO/c19-14-17(9-4-1-5-10-17)13-18-11-8-15-6-2-3-7-16(15)12-18/h2-3,6-7,14H,1,4-5,8-13H2. The van der Waals surface area contributed by atoms with Crippen LogP contribution in [0.3, 0.4) is 0 Å². The first-order chi connectivity index (χ1) is 9.31. The summed E-state index contributed by atoms with van der Waals surface area (Å²) in [5.74, 6) is 0. The van der Waals surface area contributed by atoms with Crippen LogP contribution in [-0.2, 0) is 17.8 Å². The molecule has 2 nitrogen and oxygen atoms in total. The van der Waals surface area contributed by atoms with Gasteiger partial charge >= 0.3 is 0 Å². The van der Waals surface area contributed by atoms with E-state index in [0.29, 0.717) is 0 Å². The number of carbonyl (C=O) groups is 1. The van der Waals surface area contributed by atoms with Gasteiger partial charge in [-0.1, -0.05) is 43.5 Å². The van der Waals surface area contributed by atoms with Gasteiger partial charge in [0.05, 0.1) is 0 Å². The van der Waals surface area contributed by atoms with Crippen molar-refractivity contribution in [2.75, 3.05) is 13.1 Å². The summed E-state index contributed by atoms with van der Waals surface area (Å²) in [5.41, 5.74) is 2.89. The summed E-state index contributed by atoms with van der Waals surface area (Å²) in [5, 5.41) is 0. The average Bonchev–Trinajstić information content (AvgIpc) is 2.48. The number of aldehydes is 1. The Morgan fingerprint density at radius 3 is 2.58 bits per heavy atom. The third-order valence-electron chi connectivity index (χ3n) is 4.85. The van der Waals surface area contributed by atoms with Crippen molar-refractivity contribution in [3.63, 3.8) is 0 Å². The molecule has 0 unspecified atom stereocenters. The average molecular weight is 257 g/mol. The van der Waals surface area contributed by atoms with Crippen molar-refractivity contribution in [3.05, 3.63) is 35.4 Å². The summed E-state index contributed by atoms with van der Waals surface area (Å²) in [4.78, 5) is 14.1. The maximum absolute atomic E-state index is 11.6. The molecule has 19 heavy (non-hydrogen) atoms. The Hall–Kier alpha value is -1.15. The van der Waals surface area contributed by atoms with Gasteiger partial charge in [0.2, 0.25) is 0 Å². The third kappa shape index (κ3) is 2.74. The number of carbonyl (C=O) groups excluding carboxylic acids is 1. The maximum Gasteiger partial charge on any atom is 0.127 e. The lowest BCUT2D eigenvalue weighted by atomic mass is 9.74. The van der Waals surface area contributed by atoms with Gasteiger partial charge in [-0.2, -0.15) is 0 Å². The highest BCUT2D eigenvalue weighted by Crippen LogP contribution is 2.36. The number of hydrogen-bond donors (Lipinski definition) is 0. The Morgan fingerprint density at radius 2 is 1.84 bits per heavy atom. The quantitative estimate of drug-likeness (QED) is 0.775. The first kappa shape index (κ1) is 12.9. The number of fused-ring (bicyclic) bond motifs is 1. The van der Waals surface area contributed by atoms with E-state index < -0.39 is 0 Å². The predicted octanol–water partition coefficient (Wildman–Crippen LogP) is 3.19. The number of rotatable bonds is 3. The zero-order valence-electron chi connectivity index (χ0n) is 11.6. The van der Waals surface area contributed by atoms with E-state index in [1.54, 1.807) is 0 Å². The molecule has 1 aliphatic heterocycles. The highest BCUT2D eigenvalue weighted by Gasteiger charge is 2.34. The minimum atomic E-state index is -0.0511. The fraction of sp³-hybridized carbons (Fsp3) is 0.588. The van der Waals surface area contributed by atoms with E-state index in [1.807, 2.05) is 0 Å². The zero-order valence-corrected chi connectivity index (χ0v) is 11.6. The van der Waals surface area contributed by atoms with Crippen LogP contribution in [0, 0.1) is 5.41 Å². The molecule has 102 valence electrons. The van der Waals surface area contributed by atoms with E-state index >= 15 is 0 Å². The van der Waals surface area contributed by atoms with Crippen molar-refractivity contribution in [1.82, 2.24) is 4.90 Å². The first-order valence-corrected chi connectivity index (χ1v) is 7.57. The van der Waals surface area contributed by atoms with Gasteiger partial charge in [0.1, 0.15) is 6.29 Å². The second-order valence-corrected chi connectivity index (χ2v) is 6.27. The summed E-state index contributed by atoms with van der Waals surface area (Å²) >= 11 is 0. The van der Waals surface area contributed by atoms with E-state index in [2.05, 4.69) is 29.2 Å². The summed E-state index contributed by atoms with van der Waals surface area (Å²) in [6, 6.07) is 8.72. The van der Waals surface area contributed by atoms with E-state index in [4.69, 9.17) is 0 Å². The fourth-order valence-electron chi connectivity index (χ4n) is 3.70. The van der Waals surface area contributed by atoms with Crippen LogP contribution < -0.4 is 0 Å². The topological polar surface area (TPSA) is 20.3 Å². The maximum atomic E-state index is 11.6. The molecule has 1 saturated carbocycles. The van der Waals surface area contributed by atoms with Gasteiger partial charge in [0.15, 0.2) is 0 Å². The Morgan fingerprint density at radius 1 is 1.11 bits per heavy atom. The Balaban J connectivity index is 1.69. The number of benzene rings is 1. The molecular formula is C17H23NO. The largest absolute Gasteiger partial charge is 0.303 e. The van der Waals surface area contributed by atoms with E-state index in [-0.39, 0.29) is 5.41 Å². The third-order valence-corrected chi connectivity index (χ3v) is 4.85. The van der Waals surface area contributed by atoms with Crippen LogP contribution in [0.5, 0.6) is 0 Å². The van der Waals surface area contributed by atoms with Crippen LogP contribution in [-0.4, -0.2) is 24.3 Å². The molecule has 3 rings (SSSR count). The SMILES string of the molecule is O=CC1(CN2CCc3ccccc3C2)CCCCC1. The Bertz CT molecular complexity index is 448. The van der Waals surface area contributed by atoms with Gasteiger partial charge in [-0.15, -0.1) is 0 Å². The second kappa shape index (κ2) is 5.46. The number of nitrogens with zero attached hydrogens (tertiary/aromatic N) is 1. The summed E-state index contributed by atoms with van der Waals surface area (Å²) in [7, 11) is 0. The molecule has 0 N–H and O–H groups in total. The molecular weight excluding hydrogens is 234 g/mol. The van der Waals surface area contributed by atoms with Crippen molar-refractivity contribution in [1.29, 1.82) is 0 Å². The van der Waals surface area contributed by atoms with Crippen molar-refractivity contribution < 1.29 is 4.79 Å². The highest BCUT2D eigenvalue weighted by atomic mass is 16.1. The lowest BCUT2D eigenvalue weighted by Crippen LogP contribution is -2.42. The Labute approximate surface area is 115 Å². The lowest BCUT2D eigenvalue weighted by molar-refractivity contribution is -0.119. The van der Waals surface area contributed by atoms with Gasteiger partial charge in [-0.25, -0.2) is 0 Å². The minimum absolute atomic E-state index is 0.0511. The lowest BCUT2D eigenvalue weighted by Gasteiger charge is -2.39. The monoisotopic (exact) mass is 257 g/mol. The van der Waals surface area contributed by atoms with Gasteiger partial charge in [-0.3, -0.25) is 4.90 Å². The molecule has 1 aromatic rings. The predicted molar refractivity (Wildman–Crippen MR) is 77.0 cm³/mol. The summed E-state index contributed by atoms with van der Waals surface area (Å²) in [6.45, 7) is 3.09. The molecule has 1 fully saturated rings. The van der Waals surface area contributed by atoms with Crippen LogP contribution in [0.4, 0.5) is 0 Å². The van der Waals surface area contributed by atoms with E-state index in [0.717, 1.165) is 38.9 Å². The van der Waals surface area contributed by atoms with E-state index in [1.165, 1.54) is 36.7 Å². The molecule has 0 aromatic heterocycles. The normalized spacial score (nSPS) is 22.7. The van der Waals surface area contributed by atoms with Crippen LogP contribution in [0.15, 0.2) is 24.3 Å². The van der Waals surface area contributed by atoms with Crippen molar-refractivity contribution in [2.24, 2.45) is 5.41 Å². The van der Waals surface area contributed by atoms with Crippen LogP contribution in [0.25, 0.3) is 0 Å². The van der Waals surface area contributed by atoms with Crippen LogP contribution in [0.1, 0.15) is 43.2 Å². The molecule has 0 bridgehead atoms. The van der Waals surface area contributed by atoms with Crippen molar-refractivity contribution in [2.45, 2.75) is 45.1 Å². The molecule has 2 aliphatic rings. The molecule has 0 spiro atoms.